The van der Waals surface area contributed by atoms with Crippen molar-refractivity contribution in [1.82, 2.24) is 5.32 Å². The molecule has 0 amide bonds. The maximum absolute atomic E-state index is 5.66. The van der Waals surface area contributed by atoms with E-state index in [1.165, 1.54) is 6.42 Å². The number of hydrogen-bond acceptors (Lipinski definition) is 3. The van der Waals surface area contributed by atoms with Gasteiger partial charge in [0.15, 0.2) is 0 Å². The number of hydrogen-bond donors (Lipinski definition) is 2. The van der Waals surface area contributed by atoms with Crippen LogP contribution in [0.25, 0.3) is 0 Å². The van der Waals surface area contributed by atoms with Gasteiger partial charge in [0.05, 0.1) is 13.2 Å². The van der Waals surface area contributed by atoms with Gasteiger partial charge in [-0.25, -0.2) is 0 Å². The Morgan fingerprint density at radius 1 is 1.50 bits per heavy atom. The minimum Gasteiger partial charge on any atom is -0.399 e. The topological polar surface area (TPSA) is 47.3 Å². The van der Waals surface area contributed by atoms with Crippen molar-refractivity contribution in [3.05, 3.63) is 29.8 Å². The Morgan fingerprint density at radius 3 is 3.00 bits per heavy atom. The monoisotopic (exact) mass is 192 g/mol. The third-order valence-electron chi connectivity index (χ3n) is 2.46. The molecule has 76 valence electrons. The Bertz CT molecular complexity index is 297. The van der Waals surface area contributed by atoms with Gasteiger partial charge in [0, 0.05) is 11.7 Å². The van der Waals surface area contributed by atoms with Crippen molar-refractivity contribution in [3.8, 4) is 0 Å². The summed E-state index contributed by atoms with van der Waals surface area (Å²) in [7, 11) is 0. The summed E-state index contributed by atoms with van der Waals surface area (Å²) in [6.07, 6.45) is 1.23. The second kappa shape index (κ2) is 4.44. The van der Waals surface area contributed by atoms with Gasteiger partial charge < -0.3 is 15.8 Å². The number of ether oxygens (including phenoxy) is 1. The van der Waals surface area contributed by atoms with Crippen LogP contribution in [0.5, 0.6) is 0 Å². The van der Waals surface area contributed by atoms with Crippen LogP contribution in [0.4, 0.5) is 5.69 Å². The predicted molar refractivity (Wildman–Crippen MR) is 56.9 cm³/mol. The van der Waals surface area contributed by atoms with E-state index in [9.17, 15) is 0 Å². The molecule has 3 heteroatoms. The highest BCUT2D eigenvalue weighted by atomic mass is 16.5. The zero-order chi connectivity index (χ0) is 9.80. The first-order chi connectivity index (χ1) is 6.84. The number of nitrogen functional groups attached to an aromatic ring is 1. The van der Waals surface area contributed by atoms with E-state index in [4.69, 9.17) is 10.5 Å². The Kier molecular flexibility index (Phi) is 3.01. The molecule has 3 N–H and O–H groups in total. The van der Waals surface area contributed by atoms with Gasteiger partial charge in [-0.05, 0) is 30.7 Å². The van der Waals surface area contributed by atoms with Gasteiger partial charge in [0.2, 0.25) is 0 Å². The summed E-state index contributed by atoms with van der Waals surface area (Å²) in [4.78, 5) is 0. The summed E-state index contributed by atoms with van der Waals surface area (Å²) in [6.45, 7) is 2.59. The highest BCUT2D eigenvalue weighted by Gasteiger charge is 2.15. The molecule has 0 spiro atoms. The Hall–Kier alpha value is -1.06. The largest absolute Gasteiger partial charge is 0.399 e. The van der Waals surface area contributed by atoms with E-state index >= 15 is 0 Å². The van der Waals surface area contributed by atoms with Gasteiger partial charge in [0.25, 0.3) is 0 Å². The van der Waals surface area contributed by atoms with Gasteiger partial charge in [-0.3, -0.25) is 0 Å². The van der Waals surface area contributed by atoms with Crippen molar-refractivity contribution in [2.75, 3.05) is 18.9 Å². The number of benzene rings is 1. The molecule has 1 aromatic rings. The molecule has 2 rings (SSSR count). The van der Waals surface area contributed by atoms with E-state index in [2.05, 4.69) is 5.32 Å². The molecule has 1 aliphatic heterocycles. The average Bonchev–Trinajstić information content (AvgIpc) is 2.09. The molecule has 1 aliphatic rings. The minimum absolute atomic E-state index is 0.566. The van der Waals surface area contributed by atoms with Gasteiger partial charge in [0.1, 0.15) is 0 Å². The zero-order valence-corrected chi connectivity index (χ0v) is 8.20. The van der Waals surface area contributed by atoms with Crippen LogP contribution in [0.15, 0.2) is 24.3 Å². The van der Waals surface area contributed by atoms with Crippen LogP contribution < -0.4 is 11.1 Å². The minimum atomic E-state index is 0.566. The van der Waals surface area contributed by atoms with Crippen molar-refractivity contribution in [2.45, 2.75) is 19.1 Å². The standard InChI is InChI=1S/C11H16N2O/c12-10-3-1-2-9(6-10)7-14-8-11-4-5-13-11/h1-3,6,11,13H,4-5,7-8,12H2/t11-/m0/s1. The molecule has 0 aliphatic carbocycles. The molecule has 1 heterocycles. The van der Waals surface area contributed by atoms with Crippen LogP contribution in [0, 0.1) is 0 Å². The van der Waals surface area contributed by atoms with Crippen molar-refractivity contribution in [1.29, 1.82) is 0 Å². The molecule has 3 nitrogen and oxygen atoms in total. The number of anilines is 1. The molecule has 1 atom stereocenters. The summed E-state index contributed by atoms with van der Waals surface area (Å²) in [6, 6.07) is 8.39. The van der Waals surface area contributed by atoms with E-state index in [1.807, 2.05) is 24.3 Å². The average molecular weight is 192 g/mol. The van der Waals surface area contributed by atoms with Crippen LogP contribution in [0.3, 0.4) is 0 Å². The van der Waals surface area contributed by atoms with Gasteiger partial charge in [-0.2, -0.15) is 0 Å². The fourth-order valence-corrected chi connectivity index (χ4v) is 1.49. The fraction of sp³-hybridized carbons (Fsp3) is 0.455. The van der Waals surface area contributed by atoms with Crippen molar-refractivity contribution >= 4 is 5.69 Å². The maximum atomic E-state index is 5.66. The van der Waals surface area contributed by atoms with Crippen LogP contribution in [-0.4, -0.2) is 19.2 Å². The van der Waals surface area contributed by atoms with Crippen molar-refractivity contribution in [2.24, 2.45) is 0 Å². The van der Waals surface area contributed by atoms with Gasteiger partial charge in [-0.15, -0.1) is 0 Å². The van der Waals surface area contributed by atoms with Crippen molar-refractivity contribution in [3.63, 3.8) is 0 Å². The Labute approximate surface area is 84.3 Å². The zero-order valence-electron chi connectivity index (χ0n) is 8.20. The van der Waals surface area contributed by atoms with E-state index in [0.717, 1.165) is 24.4 Å². The van der Waals surface area contributed by atoms with Gasteiger partial charge in [-0.1, -0.05) is 12.1 Å². The summed E-state index contributed by atoms with van der Waals surface area (Å²) in [5.74, 6) is 0. The summed E-state index contributed by atoms with van der Waals surface area (Å²) in [5.41, 5.74) is 7.60. The first-order valence-electron chi connectivity index (χ1n) is 5.00. The smallest absolute Gasteiger partial charge is 0.0718 e. The number of nitrogens with one attached hydrogen (secondary N) is 1. The molecule has 0 saturated carbocycles. The lowest BCUT2D eigenvalue weighted by Crippen LogP contribution is -2.45. The number of rotatable bonds is 4. The molecule has 1 fully saturated rings. The lowest BCUT2D eigenvalue weighted by atomic mass is 10.1. The lowest BCUT2D eigenvalue weighted by molar-refractivity contribution is 0.0808. The maximum Gasteiger partial charge on any atom is 0.0718 e. The summed E-state index contributed by atoms with van der Waals surface area (Å²) in [5, 5.41) is 3.29. The molecule has 14 heavy (non-hydrogen) atoms. The molecule has 0 unspecified atom stereocenters. The first kappa shape index (κ1) is 9.49. The first-order valence-corrected chi connectivity index (χ1v) is 5.00. The Balaban J connectivity index is 1.74. The Morgan fingerprint density at radius 2 is 2.36 bits per heavy atom. The van der Waals surface area contributed by atoms with E-state index in [0.29, 0.717) is 12.6 Å². The summed E-state index contributed by atoms with van der Waals surface area (Å²) < 4.78 is 5.56. The lowest BCUT2D eigenvalue weighted by Gasteiger charge is -2.27. The summed E-state index contributed by atoms with van der Waals surface area (Å²) >= 11 is 0. The molecule has 0 aromatic heterocycles. The molecule has 1 saturated heterocycles. The third-order valence-corrected chi connectivity index (χ3v) is 2.46. The third kappa shape index (κ3) is 2.47. The van der Waals surface area contributed by atoms with Crippen LogP contribution in [0.2, 0.25) is 0 Å². The van der Waals surface area contributed by atoms with Gasteiger partial charge >= 0.3 is 0 Å². The number of nitrogens with two attached hydrogens (primary N) is 1. The normalized spacial score (nSPS) is 20.4. The second-order valence-corrected chi connectivity index (χ2v) is 3.70. The van der Waals surface area contributed by atoms with Crippen LogP contribution >= 0.6 is 0 Å². The molecule has 0 bridgehead atoms. The SMILES string of the molecule is Nc1cccc(COC[C@@H]2CCN2)c1. The molecule has 1 aromatic carbocycles. The van der Waals surface area contributed by atoms with Crippen LogP contribution in [-0.2, 0) is 11.3 Å². The second-order valence-electron chi connectivity index (χ2n) is 3.70. The van der Waals surface area contributed by atoms with Crippen LogP contribution in [0.1, 0.15) is 12.0 Å². The van der Waals surface area contributed by atoms with E-state index in [1.54, 1.807) is 0 Å². The fourth-order valence-electron chi connectivity index (χ4n) is 1.49. The van der Waals surface area contributed by atoms with E-state index in [-0.39, 0.29) is 0 Å². The quantitative estimate of drug-likeness (QED) is 0.703. The molecule has 0 radical (unpaired) electrons. The van der Waals surface area contributed by atoms with Crippen molar-refractivity contribution < 1.29 is 4.74 Å². The predicted octanol–water partition coefficient (Wildman–Crippen LogP) is 1.15. The highest BCUT2D eigenvalue weighted by molar-refractivity contribution is 5.40. The van der Waals surface area contributed by atoms with E-state index < -0.39 is 0 Å². The molecular formula is C11H16N2O. The molecular weight excluding hydrogens is 176 g/mol. The highest BCUT2D eigenvalue weighted by Crippen LogP contribution is 2.09.